The summed E-state index contributed by atoms with van der Waals surface area (Å²) in [4.78, 5) is 31.8. The molecule has 2 aliphatic heterocycles. The van der Waals surface area contributed by atoms with Crippen LogP contribution in [0.3, 0.4) is 0 Å². The highest BCUT2D eigenvalue weighted by atomic mass is 35.5. The predicted molar refractivity (Wildman–Crippen MR) is 117 cm³/mol. The number of hydrogen-bond donors (Lipinski definition) is 1. The third-order valence-corrected chi connectivity index (χ3v) is 6.33. The van der Waals surface area contributed by atoms with Gasteiger partial charge in [0.2, 0.25) is 5.91 Å². The van der Waals surface area contributed by atoms with Crippen molar-refractivity contribution in [1.82, 2.24) is 24.9 Å². The molecule has 0 bridgehead atoms. The molecule has 166 valence electrons. The zero-order valence-corrected chi connectivity index (χ0v) is 18.4. The molecule has 1 aromatic heterocycles. The molecule has 1 N–H and O–H groups in total. The lowest BCUT2D eigenvalue weighted by Crippen LogP contribution is -2.51. The smallest absolute Gasteiger partial charge is 0.271 e. The van der Waals surface area contributed by atoms with Gasteiger partial charge < -0.3 is 19.4 Å². The Bertz CT molecular complexity index is 881. The summed E-state index contributed by atoms with van der Waals surface area (Å²) >= 11 is 5.99. The van der Waals surface area contributed by atoms with Crippen molar-refractivity contribution in [2.45, 2.75) is 18.9 Å². The van der Waals surface area contributed by atoms with Gasteiger partial charge in [-0.3, -0.25) is 14.7 Å². The van der Waals surface area contributed by atoms with E-state index in [0.29, 0.717) is 36.6 Å². The molecule has 1 aromatic carbocycles. The molecule has 0 saturated carbocycles. The molecule has 2 fully saturated rings. The second-order valence-electron chi connectivity index (χ2n) is 8.27. The number of aromatic nitrogens is 2. The first kappa shape index (κ1) is 21.6. The highest BCUT2D eigenvalue weighted by Gasteiger charge is 2.36. The van der Waals surface area contributed by atoms with E-state index in [-0.39, 0.29) is 23.8 Å². The molecular formula is C22H28ClN5O3. The highest BCUT2D eigenvalue weighted by molar-refractivity contribution is 6.30. The van der Waals surface area contributed by atoms with E-state index in [1.54, 1.807) is 29.3 Å². The van der Waals surface area contributed by atoms with E-state index >= 15 is 0 Å². The molecule has 2 atom stereocenters. The third-order valence-electron chi connectivity index (χ3n) is 6.08. The lowest BCUT2D eigenvalue weighted by atomic mass is 9.90. The Morgan fingerprint density at radius 1 is 1.10 bits per heavy atom. The van der Waals surface area contributed by atoms with Crippen molar-refractivity contribution in [3.63, 3.8) is 0 Å². The van der Waals surface area contributed by atoms with E-state index in [4.69, 9.17) is 16.3 Å². The highest BCUT2D eigenvalue weighted by Crippen LogP contribution is 2.28. The average Bonchev–Trinajstić information content (AvgIpc) is 3.31. The van der Waals surface area contributed by atoms with Crippen LogP contribution in [0, 0.1) is 5.92 Å². The van der Waals surface area contributed by atoms with Crippen molar-refractivity contribution in [2.24, 2.45) is 5.92 Å². The second-order valence-corrected chi connectivity index (χ2v) is 8.71. The Kier molecular flexibility index (Phi) is 6.77. The maximum absolute atomic E-state index is 13.0. The number of rotatable bonds is 5. The van der Waals surface area contributed by atoms with Gasteiger partial charge in [0.05, 0.1) is 0 Å². The zero-order chi connectivity index (χ0) is 21.8. The van der Waals surface area contributed by atoms with Crippen LogP contribution in [-0.2, 0) is 4.79 Å². The lowest BCUT2D eigenvalue weighted by molar-refractivity contribution is -0.135. The van der Waals surface area contributed by atoms with Gasteiger partial charge in [-0.05, 0) is 37.4 Å². The Labute approximate surface area is 187 Å². The number of piperidine rings is 1. The van der Waals surface area contributed by atoms with Gasteiger partial charge in [-0.1, -0.05) is 11.6 Å². The SMILES string of the molecule is CN1CCN(C(=O)C[C@H]2CN(C(=O)c3ccn[nH]3)CC[C@@H]2Oc2ccc(Cl)cc2)CC1. The van der Waals surface area contributed by atoms with E-state index in [1.807, 2.05) is 17.0 Å². The number of ether oxygens (including phenoxy) is 1. The molecule has 3 heterocycles. The Morgan fingerprint density at radius 2 is 1.84 bits per heavy atom. The summed E-state index contributed by atoms with van der Waals surface area (Å²) in [5, 5.41) is 7.26. The molecule has 4 rings (SSSR count). The van der Waals surface area contributed by atoms with Crippen LogP contribution in [0.2, 0.25) is 5.02 Å². The van der Waals surface area contributed by atoms with Gasteiger partial charge in [-0.25, -0.2) is 0 Å². The summed E-state index contributed by atoms with van der Waals surface area (Å²) in [5.74, 6) is 0.654. The van der Waals surface area contributed by atoms with Crippen molar-refractivity contribution < 1.29 is 14.3 Å². The topological polar surface area (TPSA) is 81.8 Å². The van der Waals surface area contributed by atoms with E-state index in [1.165, 1.54) is 0 Å². The number of H-pyrrole nitrogens is 1. The fraction of sp³-hybridized carbons (Fsp3) is 0.500. The largest absolute Gasteiger partial charge is 0.490 e. The number of likely N-dealkylation sites (tertiary alicyclic amines) is 1. The molecule has 2 aliphatic rings. The number of hydrogen-bond acceptors (Lipinski definition) is 5. The molecule has 0 unspecified atom stereocenters. The Morgan fingerprint density at radius 3 is 2.52 bits per heavy atom. The monoisotopic (exact) mass is 445 g/mol. The molecule has 0 aliphatic carbocycles. The van der Waals surface area contributed by atoms with Crippen LogP contribution in [0.5, 0.6) is 5.75 Å². The fourth-order valence-electron chi connectivity index (χ4n) is 4.19. The van der Waals surface area contributed by atoms with Crippen LogP contribution >= 0.6 is 11.6 Å². The predicted octanol–water partition coefficient (Wildman–Crippen LogP) is 2.14. The number of nitrogens with one attached hydrogen (secondary N) is 1. The molecule has 2 aromatic rings. The molecule has 31 heavy (non-hydrogen) atoms. The first-order valence-corrected chi connectivity index (χ1v) is 11.0. The first-order chi connectivity index (χ1) is 15.0. The van der Waals surface area contributed by atoms with Crippen molar-refractivity contribution in [3.05, 3.63) is 47.2 Å². The summed E-state index contributed by atoms with van der Waals surface area (Å²) in [7, 11) is 2.07. The van der Waals surface area contributed by atoms with Crippen LogP contribution in [0.25, 0.3) is 0 Å². The standard InChI is InChI=1S/C22H28ClN5O3/c1-26-10-12-27(13-11-26)21(29)14-16-15-28(22(30)19-6-8-24-25-19)9-7-20(16)31-18-4-2-17(23)3-5-18/h2-6,8,16,20H,7,9-15H2,1H3,(H,24,25)/t16-,20-/m0/s1. The second kappa shape index (κ2) is 9.70. The van der Waals surface area contributed by atoms with Gasteiger partial charge in [0.25, 0.3) is 5.91 Å². The normalized spacial score (nSPS) is 22.4. The van der Waals surface area contributed by atoms with E-state index in [0.717, 1.165) is 31.9 Å². The van der Waals surface area contributed by atoms with E-state index in [2.05, 4.69) is 22.1 Å². The van der Waals surface area contributed by atoms with Gasteiger partial charge in [0.15, 0.2) is 0 Å². The number of piperazine rings is 1. The number of aromatic amines is 1. The summed E-state index contributed by atoms with van der Waals surface area (Å²) in [6, 6.07) is 8.92. The van der Waals surface area contributed by atoms with Crippen LogP contribution in [0.15, 0.2) is 36.5 Å². The van der Waals surface area contributed by atoms with Crippen LogP contribution in [-0.4, -0.2) is 89.1 Å². The molecular weight excluding hydrogens is 418 g/mol. The molecule has 0 radical (unpaired) electrons. The van der Waals surface area contributed by atoms with E-state index < -0.39 is 0 Å². The number of nitrogens with zero attached hydrogens (tertiary/aromatic N) is 4. The van der Waals surface area contributed by atoms with Gasteiger partial charge >= 0.3 is 0 Å². The van der Waals surface area contributed by atoms with Crippen molar-refractivity contribution >= 4 is 23.4 Å². The van der Waals surface area contributed by atoms with Crippen molar-refractivity contribution in [1.29, 1.82) is 0 Å². The number of benzene rings is 1. The Hall–Kier alpha value is -2.58. The van der Waals surface area contributed by atoms with Crippen LogP contribution in [0.4, 0.5) is 0 Å². The molecule has 9 heteroatoms. The van der Waals surface area contributed by atoms with Crippen molar-refractivity contribution in [3.8, 4) is 5.75 Å². The molecule has 2 saturated heterocycles. The minimum Gasteiger partial charge on any atom is -0.490 e. The first-order valence-electron chi connectivity index (χ1n) is 10.7. The maximum atomic E-state index is 13.0. The third kappa shape index (κ3) is 5.37. The average molecular weight is 446 g/mol. The molecule has 0 spiro atoms. The number of likely N-dealkylation sites (N-methyl/N-ethyl adjacent to an activating group) is 1. The Balaban J connectivity index is 1.46. The molecule has 2 amide bonds. The maximum Gasteiger partial charge on any atom is 0.271 e. The van der Waals surface area contributed by atoms with Crippen molar-refractivity contribution in [2.75, 3.05) is 46.3 Å². The van der Waals surface area contributed by atoms with Gasteiger partial charge in [-0.15, -0.1) is 0 Å². The number of amides is 2. The lowest BCUT2D eigenvalue weighted by Gasteiger charge is -2.39. The minimum atomic E-state index is -0.150. The summed E-state index contributed by atoms with van der Waals surface area (Å²) in [5.41, 5.74) is 0.459. The minimum absolute atomic E-state index is 0.0940. The van der Waals surface area contributed by atoms with E-state index in [9.17, 15) is 9.59 Å². The molecule has 8 nitrogen and oxygen atoms in total. The van der Waals surface area contributed by atoms with Gasteiger partial charge in [0.1, 0.15) is 17.5 Å². The number of halogens is 1. The van der Waals surface area contributed by atoms with Gasteiger partial charge in [-0.2, -0.15) is 5.10 Å². The fourth-order valence-corrected chi connectivity index (χ4v) is 4.31. The summed E-state index contributed by atoms with van der Waals surface area (Å²) in [6.07, 6.45) is 2.43. The van der Waals surface area contributed by atoms with Crippen LogP contribution in [0.1, 0.15) is 23.3 Å². The van der Waals surface area contributed by atoms with Crippen LogP contribution < -0.4 is 4.74 Å². The quantitative estimate of drug-likeness (QED) is 0.762. The zero-order valence-electron chi connectivity index (χ0n) is 17.7. The number of carbonyl (C=O) groups is 2. The van der Waals surface area contributed by atoms with Gasteiger partial charge in [0, 0.05) is 69.2 Å². The summed E-state index contributed by atoms with van der Waals surface area (Å²) < 4.78 is 6.25. The summed E-state index contributed by atoms with van der Waals surface area (Å²) in [6.45, 7) is 4.27. The number of carbonyl (C=O) groups excluding carboxylic acids is 2.